The van der Waals surface area contributed by atoms with Crippen molar-refractivity contribution in [2.45, 2.75) is 26.3 Å². The largest absolute Gasteiger partial charge is 0.330 e. The number of tetrazole rings is 1. The molecular formula is C6H13N5. The summed E-state index contributed by atoms with van der Waals surface area (Å²) < 4.78 is 0. The standard InChI is InChI=1S/C6H13N5/c1-3-11-9-6(8-10-11)5(2)4-7/h5H,3-4,7H2,1-2H3. The third kappa shape index (κ3) is 1.74. The molecular weight excluding hydrogens is 142 g/mol. The molecule has 0 aliphatic rings. The molecule has 62 valence electrons. The number of aromatic nitrogens is 4. The second-order valence-corrected chi connectivity index (χ2v) is 2.47. The SMILES string of the molecule is CCn1nnc(C(C)CN)n1. The van der Waals surface area contributed by atoms with Crippen molar-refractivity contribution in [1.29, 1.82) is 0 Å². The Kier molecular flexibility index (Phi) is 2.53. The van der Waals surface area contributed by atoms with Gasteiger partial charge in [-0.25, -0.2) is 0 Å². The summed E-state index contributed by atoms with van der Waals surface area (Å²) in [5.41, 5.74) is 5.44. The molecule has 0 aliphatic heterocycles. The molecule has 2 N–H and O–H groups in total. The second-order valence-electron chi connectivity index (χ2n) is 2.47. The lowest BCUT2D eigenvalue weighted by Crippen LogP contribution is -2.10. The fraction of sp³-hybridized carbons (Fsp3) is 0.833. The number of rotatable bonds is 3. The first kappa shape index (κ1) is 8.13. The summed E-state index contributed by atoms with van der Waals surface area (Å²) in [6.07, 6.45) is 0. The highest BCUT2D eigenvalue weighted by molar-refractivity contribution is 4.88. The first-order chi connectivity index (χ1) is 5.27. The van der Waals surface area contributed by atoms with Gasteiger partial charge in [-0.2, -0.15) is 4.80 Å². The van der Waals surface area contributed by atoms with Gasteiger partial charge in [0, 0.05) is 12.5 Å². The number of nitrogens with two attached hydrogens (primary N) is 1. The van der Waals surface area contributed by atoms with Crippen LogP contribution in [0.5, 0.6) is 0 Å². The monoisotopic (exact) mass is 155 g/mol. The average molecular weight is 155 g/mol. The predicted octanol–water partition coefficient (Wildman–Crippen LogP) is -0.245. The Hall–Kier alpha value is -0.970. The maximum Gasteiger partial charge on any atom is 0.178 e. The van der Waals surface area contributed by atoms with Crippen LogP contribution < -0.4 is 5.73 Å². The normalized spacial score (nSPS) is 13.4. The minimum Gasteiger partial charge on any atom is -0.330 e. The van der Waals surface area contributed by atoms with E-state index in [0.717, 1.165) is 12.4 Å². The van der Waals surface area contributed by atoms with Crippen LogP contribution in [0, 0.1) is 0 Å². The highest BCUT2D eigenvalue weighted by Gasteiger charge is 2.08. The summed E-state index contributed by atoms with van der Waals surface area (Å²) in [6, 6.07) is 0. The predicted molar refractivity (Wildman–Crippen MR) is 41.0 cm³/mol. The summed E-state index contributed by atoms with van der Waals surface area (Å²) in [7, 11) is 0. The first-order valence-electron chi connectivity index (χ1n) is 3.75. The minimum absolute atomic E-state index is 0.204. The van der Waals surface area contributed by atoms with Crippen molar-refractivity contribution in [2.24, 2.45) is 5.73 Å². The Labute approximate surface area is 65.6 Å². The lowest BCUT2D eigenvalue weighted by molar-refractivity contribution is 0.548. The third-order valence-corrected chi connectivity index (χ3v) is 1.55. The summed E-state index contributed by atoms with van der Waals surface area (Å²) in [6.45, 7) is 5.27. The van der Waals surface area contributed by atoms with Crippen LogP contribution in [0.4, 0.5) is 0 Å². The Morgan fingerprint density at radius 3 is 2.82 bits per heavy atom. The van der Waals surface area contributed by atoms with Crippen molar-refractivity contribution < 1.29 is 0 Å². The topological polar surface area (TPSA) is 69.6 Å². The zero-order chi connectivity index (χ0) is 8.27. The van der Waals surface area contributed by atoms with Gasteiger partial charge in [0.25, 0.3) is 0 Å². The van der Waals surface area contributed by atoms with E-state index >= 15 is 0 Å². The molecule has 0 amide bonds. The maximum atomic E-state index is 5.44. The van der Waals surface area contributed by atoms with E-state index in [4.69, 9.17) is 5.73 Å². The molecule has 0 aliphatic carbocycles. The van der Waals surface area contributed by atoms with Gasteiger partial charge >= 0.3 is 0 Å². The highest BCUT2D eigenvalue weighted by Crippen LogP contribution is 2.04. The van der Waals surface area contributed by atoms with Crippen LogP contribution in [0.25, 0.3) is 0 Å². The van der Waals surface area contributed by atoms with Gasteiger partial charge in [-0.15, -0.1) is 10.2 Å². The van der Waals surface area contributed by atoms with Crippen molar-refractivity contribution in [3.8, 4) is 0 Å². The summed E-state index contributed by atoms with van der Waals surface area (Å²) in [5.74, 6) is 0.935. The molecule has 5 nitrogen and oxygen atoms in total. The lowest BCUT2D eigenvalue weighted by atomic mass is 10.2. The van der Waals surface area contributed by atoms with Crippen LogP contribution in [0.1, 0.15) is 25.6 Å². The molecule has 1 unspecified atom stereocenters. The van der Waals surface area contributed by atoms with Crippen molar-refractivity contribution >= 4 is 0 Å². The average Bonchev–Trinajstić information content (AvgIpc) is 2.50. The van der Waals surface area contributed by atoms with Crippen molar-refractivity contribution in [3.63, 3.8) is 0 Å². The van der Waals surface area contributed by atoms with Gasteiger partial charge in [-0.1, -0.05) is 6.92 Å². The van der Waals surface area contributed by atoms with E-state index in [2.05, 4.69) is 15.4 Å². The van der Waals surface area contributed by atoms with Gasteiger partial charge in [0.05, 0.1) is 6.54 Å². The Morgan fingerprint density at radius 1 is 1.64 bits per heavy atom. The molecule has 1 rings (SSSR count). The van der Waals surface area contributed by atoms with Crippen molar-refractivity contribution in [1.82, 2.24) is 20.2 Å². The summed E-state index contributed by atoms with van der Waals surface area (Å²) in [5, 5.41) is 11.8. The molecule has 1 atom stereocenters. The van der Waals surface area contributed by atoms with E-state index < -0.39 is 0 Å². The van der Waals surface area contributed by atoms with E-state index in [1.54, 1.807) is 4.80 Å². The smallest absolute Gasteiger partial charge is 0.178 e. The third-order valence-electron chi connectivity index (χ3n) is 1.55. The van der Waals surface area contributed by atoms with Crippen LogP contribution in [0.3, 0.4) is 0 Å². The molecule has 11 heavy (non-hydrogen) atoms. The van der Waals surface area contributed by atoms with Gasteiger partial charge in [-0.05, 0) is 12.1 Å². The van der Waals surface area contributed by atoms with Gasteiger partial charge < -0.3 is 5.73 Å². The van der Waals surface area contributed by atoms with Gasteiger partial charge in [0.2, 0.25) is 0 Å². The zero-order valence-corrected chi connectivity index (χ0v) is 6.86. The minimum atomic E-state index is 0.204. The van der Waals surface area contributed by atoms with E-state index in [1.807, 2.05) is 13.8 Å². The molecule has 0 fully saturated rings. The molecule has 0 aromatic carbocycles. The molecule has 0 radical (unpaired) electrons. The zero-order valence-electron chi connectivity index (χ0n) is 6.86. The fourth-order valence-electron chi connectivity index (χ4n) is 0.692. The molecule has 5 heteroatoms. The molecule has 0 saturated heterocycles. The number of hydrogen-bond acceptors (Lipinski definition) is 4. The first-order valence-corrected chi connectivity index (χ1v) is 3.75. The van der Waals surface area contributed by atoms with Gasteiger partial charge in [0.1, 0.15) is 0 Å². The van der Waals surface area contributed by atoms with Crippen LogP contribution in [0.2, 0.25) is 0 Å². The molecule has 0 spiro atoms. The fourth-order valence-corrected chi connectivity index (χ4v) is 0.692. The van der Waals surface area contributed by atoms with E-state index in [0.29, 0.717) is 6.54 Å². The maximum absolute atomic E-state index is 5.44. The molecule has 1 aromatic heterocycles. The number of nitrogens with zero attached hydrogens (tertiary/aromatic N) is 4. The quantitative estimate of drug-likeness (QED) is 0.653. The highest BCUT2D eigenvalue weighted by atomic mass is 15.6. The van der Waals surface area contributed by atoms with E-state index in [1.165, 1.54) is 0 Å². The summed E-state index contributed by atoms with van der Waals surface area (Å²) in [4.78, 5) is 1.56. The second kappa shape index (κ2) is 3.43. The van der Waals surface area contributed by atoms with E-state index in [-0.39, 0.29) is 5.92 Å². The molecule has 0 bridgehead atoms. The Morgan fingerprint density at radius 2 is 2.36 bits per heavy atom. The van der Waals surface area contributed by atoms with Crippen LogP contribution in [-0.4, -0.2) is 26.8 Å². The van der Waals surface area contributed by atoms with Gasteiger partial charge in [-0.3, -0.25) is 0 Å². The van der Waals surface area contributed by atoms with Crippen molar-refractivity contribution in [3.05, 3.63) is 5.82 Å². The van der Waals surface area contributed by atoms with Crippen molar-refractivity contribution in [2.75, 3.05) is 6.54 Å². The molecule has 1 heterocycles. The summed E-state index contributed by atoms with van der Waals surface area (Å²) >= 11 is 0. The lowest BCUT2D eigenvalue weighted by Gasteiger charge is -1.98. The van der Waals surface area contributed by atoms with Crippen LogP contribution >= 0.6 is 0 Å². The molecule has 0 saturated carbocycles. The number of hydrogen-bond donors (Lipinski definition) is 1. The number of aryl methyl sites for hydroxylation is 1. The van der Waals surface area contributed by atoms with Crippen LogP contribution in [-0.2, 0) is 6.54 Å². The van der Waals surface area contributed by atoms with Crippen LogP contribution in [0.15, 0.2) is 0 Å². The Balaban J connectivity index is 2.71. The van der Waals surface area contributed by atoms with E-state index in [9.17, 15) is 0 Å². The Bertz CT molecular complexity index is 219. The molecule has 1 aromatic rings. The van der Waals surface area contributed by atoms with Gasteiger partial charge in [0.15, 0.2) is 5.82 Å².